The number of nitrogens with zero attached hydrogens (tertiary/aromatic N) is 2. The fraction of sp³-hybridized carbons (Fsp3) is 0.625. The molecule has 0 saturated heterocycles. The molecule has 1 saturated carbocycles. The number of amides is 1. The zero-order chi connectivity index (χ0) is 14.8. The van der Waals surface area contributed by atoms with Crippen LogP contribution in [0.2, 0.25) is 0 Å². The summed E-state index contributed by atoms with van der Waals surface area (Å²) in [6.07, 6.45) is 6.21. The lowest BCUT2D eigenvalue weighted by atomic mass is 9.75. The van der Waals surface area contributed by atoms with Crippen molar-refractivity contribution in [3.8, 4) is 0 Å². The molecule has 1 heterocycles. The molecule has 1 aliphatic carbocycles. The molecule has 1 aliphatic rings. The summed E-state index contributed by atoms with van der Waals surface area (Å²) in [5, 5.41) is 3.04. The maximum atomic E-state index is 12.5. The molecule has 20 heavy (non-hydrogen) atoms. The molecule has 0 spiro atoms. The first kappa shape index (κ1) is 14.8. The van der Waals surface area contributed by atoms with E-state index < -0.39 is 0 Å². The second-order valence-electron chi connectivity index (χ2n) is 6.49. The Morgan fingerprint density at radius 2 is 2.05 bits per heavy atom. The van der Waals surface area contributed by atoms with Gasteiger partial charge in [-0.1, -0.05) is 13.8 Å². The van der Waals surface area contributed by atoms with Crippen molar-refractivity contribution in [2.24, 2.45) is 5.41 Å². The zero-order valence-electron chi connectivity index (χ0n) is 12.9. The second kappa shape index (κ2) is 5.81. The molecule has 1 amide bonds. The molecule has 0 atom stereocenters. The number of nitrogens with one attached hydrogen (secondary N) is 1. The van der Waals surface area contributed by atoms with Crippen LogP contribution in [0.1, 0.15) is 50.0 Å². The Bertz CT molecular complexity index is 474. The Balaban J connectivity index is 2.05. The van der Waals surface area contributed by atoms with E-state index in [0.29, 0.717) is 17.2 Å². The molecule has 4 nitrogen and oxygen atoms in total. The van der Waals surface area contributed by atoms with Gasteiger partial charge in [0, 0.05) is 32.0 Å². The SMILES string of the molecule is CNc1ccnc(C(=O)N(C)C2CCC(C)(C)CC2)c1. The third kappa shape index (κ3) is 3.30. The van der Waals surface area contributed by atoms with Crippen molar-refractivity contribution in [2.45, 2.75) is 45.6 Å². The molecule has 1 aromatic rings. The van der Waals surface area contributed by atoms with Crippen molar-refractivity contribution in [2.75, 3.05) is 19.4 Å². The van der Waals surface area contributed by atoms with E-state index in [9.17, 15) is 4.79 Å². The molecule has 1 aromatic heterocycles. The Kier molecular flexibility index (Phi) is 4.31. The molecule has 0 aromatic carbocycles. The van der Waals surface area contributed by atoms with Crippen molar-refractivity contribution in [3.05, 3.63) is 24.0 Å². The second-order valence-corrected chi connectivity index (χ2v) is 6.49. The van der Waals surface area contributed by atoms with Crippen LogP contribution in [0.25, 0.3) is 0 Å². The number of carbonyl (C=O) groups is 1. The summed E-state index contributed by atoms with van der Waals surface area (Å²) < 4.78 is 0. The first-order valence-electron chi connectivity index (χ1n) is 7.34. The van der Waals surface area contributed by atoms with Crippen LogP contribution in [0.15, 0.2) is 18.3 Å². The van der Waals surface area contributed by atoms with Gasteiger partial charge in [0.15, 0.2) is 0 Å². The van der Waals surface area contributed by atoms with Crippen LogP contribution >= 0.6 is 0 Å². The van der Waals surface area contributed by atoms with Gasteiger partial charge in [-0.2, -0.15) is 0 Å². The van der Waals surface area contributed by atoms with E-state index in [2.05, 4.69) is 24.1 Å². The van der Waals surface area contributed by atoms with Crippen LogP contribution in [0.3, 0.4) is 0 Å². The minimum Gasteiger partial charge on any atom is -0.388 e. The smallest absolute Gasteiger partial charge is 0.272 e. The van der Waals surface area contributed by atoms with Crippen LogP contribution in [0.5, 0.6) is 0 Å². The Hall–Kier alpha value is -1.58. The normalized spacial score (nSPS) is 18.6. The largest absolute Gasteiger partial charge is 0.388 e. The Labute approximate surface area is 121 Å². The molecule has 1 fully saturated rings. The summed E-state index contributed by atoms with van der Waals surface area (Å²) in [6, 6.07) is 4.02. The number of hydrogen-bond donors (Lipinski definition) is 1. The quantitative estimate of drug-likeness (QED) is 0.921. The fourth-order valence-electron chi connectivity index (χ4n) is 2.82. The molecule has 110 valence electrons. The van der Waals surface area contributed by atoms with E-state index in [1.807, 2.05) is 31.1 Å². The van der Waals surface area contributed by atoms with Gasteiger partial charge in [0.05, 0.1) is 0 Å². The average Bonchev–Trinajstić information content (AvgIpc) is 2.46. The van der Waals surface area contributed by atoms with Gasteiger partial charge in [0.1, 0.15) is 5.69 Å². The van der Waals surface area contributed by atoms with E-state index in [1.165, 1.54) is 12.8 Å². The number of carbonyl (C=O) groups excluding carboxylic acids is 1. The zero-order valence-corrected chi connectivity index (χ0v) is 12.9. The van der Waals surface area contributed by atoms with E-state index >= 15 is 0 Å². The molecule has 0 aliphatic heterocycles. The van der Waals surface area contributed by atoms with Crippen LogP contribution in [0, 0.1) is 5.41 Å². The monoisotopic (exact) mass is 275 g/mol. The molecule has 0 bridgehead atoms. The van der Waals surface area contributed by atoms with E-state index in [1.54, 1.807) is 6.20 Å². The summed E-state index contributed by atoms with van der Waals surface area (Å²) in [7, 11) is 3.75. The third-order valence-electron chi connectivity index (χ3n) is 4.44. The summed E-state index contributed by atoms with van der Waals surface area (Å²) in [5.41, 5.74) is 1.86. The number of pyridine rings is 1. The number of rotatable bonds is 3. The third-order valence-corrected chi connectivity index (χ3v) is 4.44. The van der Waals surface area contributed by atoms with Gasteiger partial charge in [-0.25, -0.2) is 0 Å². The molecule has 4 heteroatoms. The van der Waals surface area contributed by atoms with Crippen molar-refractivity contribution >= 4 is 11.6 Å². The number of anilines is 1. The van der Waals surface area contributed by atoms with Crippen LogP contribution < -0.4 is 5.32 Å². The number of aromatic nitrogens is 1. The predicted molar refractivity (Wildman–Crippen MR) is 81.9 cm³/mol. The summed E-state index contributed by atoms with van der Waals surface area (Å²) in [5.74, 6) is 0.0202. The lowest BCUT2D eigenvalue weighted by Crippen LogP contribution is -2.41. The van der Waals surface area contributed by atoms with E-state index in [4.69, 9.17) is 0 Å². The molecular weight excluding hydrogens is 250 g/mol. The van der Waals surface area contributed by atoms with Gasteiger partial charge in [0.2, 0.25) is 0 Å². The highest BCUT2D eigenvalue weighted by Gasteiger charge is 2.31. The highest BCUT2D eigenvalue weighted by atomic mass is 16.2. The van der Waals surface area contributed by atoms with Gasteiger partial charge < -0.3 is 10.2 Å². The molecule has 1 N–H and O–H groups in total. The molecule has 0 radical (unpaired) electrons. The summed E-state index contributed by atoms with van der Waals surface area (Å²) in [6.45, 7) is 4.62. The molecular formula is C16H25N3O. The first-order valence-corrected chi connectivity index (χ1v) is 7.34. The lowest BCUT2D eigenvalue weighted by Gasteiger charge is -2.38. The topological polar surface area (TPSA) is 45.2 Å². The molecule has 0 unspecified atom stereocenters. The van der Waals surface area contributed by atoms with E-state index in [-0.39, 0.29) is 5.91 Å². The van der Waals surface area contributed by atoms with E-state index in [0.717, 1.165) is 18.5 Å². The Morgan fingerprint density at radius 1 is 1.40 bits per heavy atom. The summed E-state index contributed by atoms with van der Waals surface area (Å²) in [4.78, 5) is 18.6. The van der Waals surface area contributed by atoms with Gasteiger partial charge >= 0.3 is 0 Å². The van der Waals surface area contributed by atoms with Crippen molar-refractivity contribution in [1.82, 2.24) is 9.88 Å². The minimum atomic E-state index is 0.0202. The van der Waals surface area contributed by atoms with Gasteiger partial charge in [0.25, 0.3) is 5.91 Å². The standard InChI is InChI=1S/C16H25N3O/c1-16(2)8-5-13(6-9-16)19(4)15(20)14-11-12(17-3)7-10-18-14/h7,10-11,13H,5-6,8-9H2,1-4H3,(H,17,18). The molecule has 2 rings (SSSR count). The maximum absolute atomic E-state index is 12.5. The first-order chi connectivity index (χ1) is 9.43. The highest BCUT2D eigenvalue weighted by Crippen LogP contribution is 2.36. The van der Waals surface area contributed by atoms with Crippen LogP contribution in [-0.2, 0) is 0 Å². The minimum absolute atomic E-state index is 0.0202. The van der Waals surface area contributed by atoms with Crippen molar-refractivity contribution in [1.29, 1.82) is 0 Å². The summed E-state index contributed by atoms with van der Waals surface area (Å²) >= 11 is 0. The highest BCUT2D eigenvalue weighted by molar-refractivity contribution is 5.93. The van der Waals surface area contributed by atoms with Crippen molar-refractivity contribution < 1.29 is 4.79 Å². The fourth-order valence-corrected chi connectivity index (χ4v) is 2.82. The predicted octanol–water partition coefficient (Wildman–Crippen LogP) is 3.16. The Morgan fingerprint density at radius 3 is 2.65 bits per heavy atom. The van der Waals surface area contributed by atoms with Crippen molar-refractivity contribution in [3.63, 3.8) is 0 Å². The van der Waals surface area contributed by atoms with Gasteiger partial charge in [-0.05, 0) is 43.2 Å². The van der Waals surface area contributed by atoms with Gasteiger partial charge in [-0.15, -0.1) is 0 Å². The lowest BCUT2D eigenvalue weighted by molar-refractivity contribution is 0.0629. The number of hydrogen-bond acceptors (Lipinski definition) is 3. The van der Waals surface area contributed by atoms with Crippen LogP contribution in [-0.4, -0.2) is 35.9 Å². The average molecular weight is 275 g/mol. The van der Waals surface area contributed by atoms with Gasteiger partial charge in [-0.3, -0.25) is 9.78 Å². The van der Waals surface area contributed by atoms with Crippen LogP contribution in [0.4, 0.5) is 5.69 Å². The maximum Gasteiger partial charge on any atom is 0.272 e.